The molecule has 1 aromatic heterocycles. The van der Waals surface area contributed by atoms with E-state index in [2.05, 4.69) is 4.98 Å². The van der Waals surface area contributed by atoms with Gasteiger partial charge in [0.25, 0.3) is 0 Å². The van der Waals surface area contributed by atoms with Crippen LogP contribution in [0.4, 0.5) is 4.39 Å². The van der Waals surface area contributed by atoms with Gasteiger partial charge < -0.3 is 19.3 Å². The number of rotatable bonds is 3. The van der Waals surface area contributed by atoms with Crippen molar-refractivity contribution in [2.45, 2.75) is 44.2 Å². The van der Waals surface area contributed by atoms with E-state index in [0.717, 1.165) is 25.7 Å². The lowest BCUT2D eigenvalue weighted by Crippen LogP contribution is -2.38. The molecule has 1 aliphatic heterocycles. The molecule has 6 heteroatoms. The van der Waals surface area contributed by atoms with Crippen LogP contribution in [0.2, 0.25) is 0 Å². The van der Waals surface area contributed by atoms with Gasteiger partial charge in [-0.1, -0.05) is 0 Å². The predicted octanol–water partition coefficient (Wildman–Crippen LogP) is 1.78. The highest BCUT2D eigenvalue weighted by atomic mass is 19.1. The Kier molecular flexibility index (Phi) is 3.87. The highest BCUT2D eigenvalue weighted by molar-refractivity contribution is 5.20. The van der Waals surface area contributed by atoms with Crippen molar-refractivity contribution in [1.82, 2.24) is 4.98 Å². The minimum atomic E-state index is -0.638. The first-order chi connectivity index (χ1) is 9.69. The normalized spacial score (nSPS) is 22.3. The Labute approximate surface area is 116 Å². The molecule has 0 unspecified atom stereocenters. The molecule has 0 bridgehead atoms. The summed E-state index contributed by atoms with van der Waals surface area (Å²) in [5.41, 5.74) is 0.460. The number of hydrogen-bond acceptors (Lipinski definition) is 5. The van der Waals surface area contributed by atoms with Crippen molar-refractivity contribution in [2.24, 2.45) is 0 Å². The van der Waals surface area contributed by atoms with Crippen LogP contribution < -0.4 is 4.74 Å². The molecule has 0 amide bonds. The van der Waals surface area contributed by atoms with E-state index in [9.17, 15) is 4.39 Å². The average Bonchev–Trinajstić information content (AvgIpc) is 2.89. The van der Waals surface area contributed by atoms with Crippen molar-refractivity contribution in [2.75, 3.05) is 13.2 Å². The van der Waals surface area contributed by atoms with Crippen molar-refractivity contribution < 1.29 is 23.7 Å². The van der Waals surface area contributed by atoms with Gasteiger partial charge in [0.15, 0.2) is 5.79 Å². The van der Waals surface area contributed by atoms with Crippen LogP contribution in [0, 0.1) is 5.95 Å². The molecule has 1 saturated carbocycles. The van der Waals surface area contributed by atoms with E-state index >= 15 is 0 Å². The molecule has 1 aromatic rings. The van der Waals surface area contributed by atoms with E-state index in [1.807, 2.05) is 0 Å². The number of ether oxygens (including phenoxy) is 3. The van der Waals surface area contributed by atoms with Gasteiger partial charge in [-0.25, -0.2) is 0 Å². The van der Waals surface area contributed by atoms with Crippen LogP contribution in [0.3, 0.4) is 0 Å². The first kappa shape index (κ1) is 13.7. The van der Waals surface area contributed by atoms with Crippen LogP contribution in [0.5, 0.6) is 5.88 Å². The zero-order chi connectivity index (χ0) is 14.0. The number of aliphatic hydroxyl groups excluding tert-OH is 1. The molecule has 1 N–H and O–H groups in total. The molecule has 1 saturated heterocycles. The Bertz CT molecular complexity index is 466. The summed E-state index contributed by atoms with van der Waals surface area (Å²) in [5.74, 6) is -0.838. The van der Waals surface area contributed by atoms with E-state index < -0.39 is 11.7 Å². The van der Waals surface area contributed by atoms with E-state index in [1.54, 1.807) is 6.07 Å². The quantitative estimate of drug-likeness (QED) is 0.857. The zero-order valence-corrected chi connectivity index (χ0v) is 11.2. The van der Waals surface area contributed by atoms with Crippen molar-refractivity contribution in [3.63, 3.8) is 0 Å². The van der Waals surface area contributed by atoms with Crippen LogP contribution >= 0.6 is 0 Å². The molecule has 2 heterocycles. The van der Waals surface area contributed by atoms with Crippen LogP contribution in [-0.2, 0) is 16.1 Å². The van der Waals surface area contributed by atoms with Gasteiger partial charge in [-0.05, 0) is 24.5 Å². The second-order valence-corrected chi connectivity index (χ2v) is 5.22. The van der Waals surface area contributed by atoms with Gasteiger partial charge in [0.1, 0.15) is 6.10 Å². The maximum atomic E-state index is 13.3. The summed E-state index contributed by atoms with van der Waals surface area (Å²) >= 11 is 0. The summed E-state index contributed by atoms with van der Waals surface area (Å²) in [6.07, 6.45) is 3.10. The fraction of sp³-hybridized carbons (Fsp3) is 0.643. The number of pyridine rings is 1. The van der Waals surface area contributed by atoms with E-state index in [0.29, 0.717) is 18.8 Å². The van der Waals surface area contributed by atoms with Gasteiger partial charge in [0, 0.05) is 18.9 Å². The van der Waals surface area contributed by atoms with Crippen LogP contribution in [0.1, 0.15) is 31.2 Å². The molecule has 0 radical (unpaired) electrons. The van der Waals surface area contributed by atoms with E-state index in [1.165, 1.54) is 6.07 Å². The molecule has 1 aliphatic carbocycles. The van der Waals surface area contributed by atoms with E-state index in [-0.39, 0.29) is 18.6 Å². The standard InChI is InChI=1S/C14H18FNO4/c15-12-7-10(9-17)8-13(16-12)20-11-1-3-14(4-2-11)18-5-6-19-14/h7-8,11,17H,1-6,9H2. The Morgan fingerprint density at radius 3 is 2.65 bits per heavy atom. The van der Waals surface area contributed by atoms with Crippen LogP contribution in [0.15, 0.2) is 12.1 Å². The molecule has 0 aromatic carbocycles. The molecule has 1 spiro atoms. The SMILES string of the molecule is OCc1cc(F)nc(OC2CCC3(CC2)OCCO3)c1. The first-order valence-corrected chi connectivity index (χ1v) is 6.91. The summed E-state index contributed by atoms with van der Waals surface area (Å²) in [6, 6.07) is 2.76. The number of aromatic nitrogens is 1. The Balaban J connectivity index is 1.60. The third-order valence-corrected chi connectivity index (χ3v) is 3.81. The lowest BCUT2D eigenvalue weighted by Gasteiger charge is -2.35. The highest BCUT2D eigenvalue weighted by Crippen LogP contribution is 2.36. The second kappa shape index (κ2) is 5.63. The number of aliphatic hydroxyl groups is 1. The Morgan fingerprint density at radius 2 is 2.00 bits per heavy atom. The molecule has 2 fully saturated rings. The van der Waals surface area contributed by atoms with E-state index in [4.69, 9.17) is 19.3 Å². The van der Waals surface area contributed by atoms with Crippen molar-refractivity contribution in [3.8, 4) is 5.88 Å². The largest absolute Gasteiger partial charge is 0.474 e. The fourth-order valence-electron chi connectivity index (χ4n) is 2.78. The van der Waals surface area contributed by atoms with Gasteiger partial charge in [-0.3, -0.25) is 0 Å². The summed E-state index contributed by atoms with van der Waals surface area (Å²) in [7, 11) is 0. The molecule has 20 heavy (non-hydrogen) atoms. The highest BCUT2D eigenvalue weighted by Gasteiger charge is 2.40. The van der Waals surface area contributed by atoms with Crippen molar-refractivity contribution in [3.05, 3.63) is 23.6 Å². The molecule has 0 atom stereocenters. The lowest BCUT2D eigenvalue weighted by atomic mass is 9.92. The number of hydrogen-bond donors (Lipinski definition) is 1. The third kappa shape index (κ3) is 2.92. The molecule has 3 rings (SSSR count). The first-order valence-electron chi connectivity index (χ1n) is 6.91. The molecular formula is C14H18FNO4. The fourth-order valence-corrected chi connectivity index (χ4v) is 2.78. The van der Waals surface area contributed by atoms with Crippen LogP contribution in [0.25, 0.3) is 0 Å². The summed E-state index contributed by atoms with van der Waals surface area (Å²) in [4.78, 5) is 3.70. The maximum absolute atomic E-state index is 13.3. The summed E-state index contributed by atoms with van der Waals surface area (Å²) in [6.45, 7) is 1.07. The van der Waals surface area contributed by atoms with Crippen molar-refractivity contribution in [1.29, 1.82) is 0 Å². The number of nitrogens with zero attached hydrogens (tertiary/aromatic N) is 1. The average molecular weight is 283 g/mol. The second-order valence-electron chi connectivity index (χ2n) is 5.22. The number of halogens is 1. The molecular weight excluding hydrogens is 265 g/mol. The van der Waals surface area contributed by atoms with Gasteiger partial charge in [-0.2, -0.15) is 9.37 Å². The zero-order valence-electron chi connectivity index (χ0n) is 11.2. The summed E-state index contributed by atoms with van der Waals surface area (Å²) in [5, 5.41) is 9.05. The lowest BCUT2D eigenvalue weighted by molar-refractivity contribution is -0.186. The predicted molar refractivity (Wildman–Crippen MR) is 67.6 cm³/mol. The minimum absolute atomic E-state index is 0.0192. The van der Waals surface area contributed by atoms with Gasteiger partial charge in [0.2, 0.25) is 11.8 Å². The Morgan fingerprint density at radius 1 is 1.30 bits per heavy atom. The topological polar surface area (TPSA) is 60.8 Å². The smallest absolute Gasteiger partial charge is 0.216 e. The third-order valence-electron chi connectivity index (χ3n) is 3.81. The Hall–Kier alpha value is -1.24. The molecule has 2 aliphatic rings. The summed E-state index contributed by atoms with van der Waals surface area (Å²) < 4.78 is 30.3. The van der Waals surface area contributed by atoms with Gasteiger partial charge >= 0.3 is 0 Å². The molecule has 5 nitrogen and oxygen atoms in total. The monoisotopic (exact) mass is 283 g/mol. The van der Waals surface area contributed by atoms with Crippen LogP contribution in [-0.4, -0.2) is 35.2 Å². The minimum Gasteiger partial charge on any atom is -0.474 e. The maximum Gasteiger partial charge on any atom is 0.216 e. The molecule has 110 valence electrons. The van der Waals surface area contributed by atoms with Crippen molar-refractivity contribution >= 4 is 0 Å². The van der Waals surface area contributed by atoms with Gasteiger partial charge in [0.05, 0.1) is 19.8 Å². The van der Waals surface area contributed by atoms with Gasteiger partial charge in [-0.15, -0.1) is 0 Å².